The molecular weight excluding hydrogens is 348 g/mol. The number of benzene rings is 3. The number of carbonyl (C=O) groups excluding carboxylic acids is 1. The maximum Gasteiger partial charge on any atom is 0.274 e. The van der Waals surface area contributed by atoms with E-state index in [0.29, 0.717) is 5.69 Å². The van der Waals surface area contributed by atoms with Crippen molar-refractivity contribution in [2.45, 2.75) is 0 Å². The Balaban J connectivity index is 1.63. The number of para-hydroxylation sites is 3. The molecule has 5 heteroatoms. The quantitative estimate of drug-likeness (QED) is 0.467. The van der Waals surface area contributed by atoms with Crippen LogP contribution in [0.3, 0.4) is 0 Å². The van der Waals surface area contributed by atoms with Gasteiger partial charge in [0.2, 0.25) is 0 Å². The van der Waals surface area contributed by atoms with E-state index in [1.807, 2.05) is 78.9 Å². The molecule has 28 heavy (non-hydrogen) atoms. The van der Waals surface area contributed by atoms with Gasteiger partial charge in [0.1, 0.15) is 5.69 Å². The first-order valence-corrected chi connectivity index (χ1v) is 8.99. The molecule has 0 aliphatic heterocycles. The Morgan fingerprint density at radius 3 is 2.04 bits per heavy atom. The number of amides is 1. The van der Waals surface area contributed by atoms with Crippen molar-refractivity contribution in [3.05, 3.63) is 96.8 Å². The second-order valence-electron chi connectivity index (χ2n) is 6.44. The zero-order valence-corrected chi connectivity index (χ0v) is 14.9. The molecule has 5 nitrogen and oxygen atoms in total. The lowest BCUT2D eigenvalue weighted by Gasteiger charge is -2.13. The van der Waals surface area contributed by atoms with Crippen molar-refractivity contribution in [1.29, 1.82) is 0 Å². The van der Waals surface area contributed by atoms with Crippen LogP contribution in [0.4, 0.5) is 5.69 Å². The summed E-state index contributed by atoms with van der Waals surface area (Å²) in [7, 11) is 0. The van der Waals surface area contributed by atoms with Gasteiger partial charge in [-0.25, -0.2) is 9.67 Å². The molecule has 0 unspecified atom stereocenters. The summed E-state index contributed by atoms with van der Waals surface area (Å²) in [6, 6.07) is 26.9. The van der Waals surface area contributed by atoms with Gasteiger partial charge in [0, 0.05) is 10.8 Å². The molecule has 0 bridgehead atoms. The summed E-state index contributed by atoms with van der Waals surface area (Å²) in [6.07, 6.45) is 1.63. The Labute approximate surface area is 161 Å². The van der Waals surface area contributed by atoms with Gasteiger partial charge in [-0.15, -0.1) is 0 Å². The van der Waals surface area contributed by atoms with Gasteiger partial charge in [-0.1, -0.05) is 54.6 Å². The van der Waals surface area contributed by atoms with Crippen LogP contribution >= 0.6 is 0 Å². The minimum Gasteiger partial charge on any atom is -0.319 e. The monoisotopic (exact) mass is 364 g/mol. The number of carbonyl (C=O) groups is 1. The fourth-order valence-electron chi connectivity index (χ4n) is 3.40. The molecule has 0 spiro atoms. The van der Waals surface area contributed by atoms with E-state index < -0.39 is 0 Å². The molecule has 0 aliphatic rings. The zero-order valence-electron chi connectivity index (χ0n) is 14.9. The highest BCUT2D eigenvalue weighted by molar-refractivity contribution is 6.15. The summed E-state index contributed by atoms with van der Waals surface area (Å²) < 4.78 is 1.64. The Morgan fingerprint density at radius 1 is 0.750 bits per heavy atom. The highest BCUT2D eigenvalue weighted by Gasteiger charge is 2.17. The molecule has 1 N–H and O–H groups in total. The molecule has 0 saturated heterocycles. The fourth-order valence-corrected chi connectivity index (χ4v) is 3.40. The number of hydrogen-bond donors (Lipinski definition) is 1. The van der Waals surface area contributed by atoms with Crippen LogP contribution in [0, 0.1) is 0 Å². The molecule has 3 aromatic carbocycles. The Kier molecular flexibility index (Phi) is 3.84. The van der Waals surface area contributed by atoms with E-state index in [1.54, 1.807) is 16.9 Å². The SMILES string of the molecule is O=C(Nc1c2ccccc2nc2ccccc12)c1ccnn1-c1ccccc1. The molecule has 0 aliphatic carbocycles. The predicted octanol–water partition coefficient (Wildman–Crippen LogP) is 4.83. The number of aromatic nitrogens is 3. The third-order valence-corrected chi connectivity index (χ3v) is 4.70. The standard InChI is InChI=1S/C23H16N4O/c28-23(21-14-15-24-27(21)16-8-2-1-3-9-16)26-22-17-10-4-6-12-19(17)25-20-13-7-5-11-18(20)22/h1-15H,(H,25,26,28). The van der Waals surface area contributed by atoms with E-state index >= 15 is 0 Å². The summed E-state index contributed by atoms with van der Waals surface area (Å²) in [6.45, 7) is 0. The van der Waals surface area contributed by atoms with Crippen molar-refractivity contribution in [2.75, 3.05) is 5.32 Å². The number of fused-ring (bicyclic) bond motifs is 2. The molecule has 2 heterocycles. The van der Waals surface area contributed by atoms with Gasteiger partial charge in [-0.05, 0) is 30.3 Å². The Morgan fingerprint density at radius 2 is 1.36 bits per heavy atom. The smallest absolute Gasteiger partial charge is 0.274 e. The van der Waals surface area contributed by atoms with Gasteiger partial charge in [-0.3, -0.25) is 4.79 Å². The Bertz CT molecular complexity index is 1250. The third kappa shape index (κ3) is 2.70. The van der Waals surface area contributed by atoms with Crippen molar-refractivity contribution in [1.82, 2.24) is 14.8 Å². The van der Waals surface area contributed by atoms with Crippen LogP contribution in [-0.4, -0.2) is 20.7 Å². The fraction of sp³-hybridized carbons (Fsp3) is 0. The molecule has 0 fully saturated rings. The van der Waals surface area contributed by atoms with Gasteiger partial charge >= 0.3 is 0 Å². The predicted molar refractivity (Wildman–Crippen MR) is 111 cm³/mol. The molecule has 5 rings (SSSR count). The summed E-state index contributed by atoms with van der Waals surface area (Å²) in [4.78, 5) is 17.9. The van der Waals surface area contributed by atoms with Crippen molar-refractivity contribution in [2.24, 2.45) is 0 Å². The summed E-state index contributed by atoms with van der Waals surface area (Å²) in [5, 5.41) is 9.22. The number of nitrogens with zero attached hydrogens (tertiary/aromatic N) is 3. The number of rotatable bonds is 3. The maximum absolute atomic E-state index is 13.2. The van der Waals surface area contributed by atoms with Crippen LogP contribution in [0.1, 0.15) is 10.5 Å². The lowest BCUT2D eigenvalue weighted by Crippen LogP contribution is -2.17. The first-order chi connectivity index (χ1) is 13.8. The third-order valence-electron chi connectivity index (χ3n) is 4.70. The van der Waals surface area contributed by atoms with Crippen molar-refractivity contribution in [3.63, 3.8) is 0 Å². The van der Waals surface area contributed by atoms with Crippen molar-refractivity contribution >= 4 is 33.4 Å². The van der Waals surface area contributed by atoms with Crippen LogP contribution in [0.5, 0.6) is 0 Å². The number of nitrogens with one attached hydrogen (secondary N) is 1. The first kappa shape index (κ1) is 16.2. The van der Waals surface area contributed by atoms with Crippen LogP contribution in [0.2, 0.25) is 0 Å². The summed E-state index contributed by atoms with van der Waals surface area (Å²) in [5.41, 5.74) is 3.74. The van der Waals surface area contributed by atoms with Crippen molar-refractivity contribution < 1.29 is 4.79 Å². The van der Waals surface area contributed by atoms with E-state index in [9.17, 15) is 4.79 Å². The van der Waals surface area contributed by atoms with E-state index in [1.165, 1.54) is 0 Å². The van der Waals surface area contributed by atoms with Crippen LogP contribution in [0.15, 0.2) is 91.1 Å². The Hall–Kier alpha value is -3.99. The van der Waals surface area contributed by atoms with Crippen LogP contribution < -0.4 is 5.32 Å². The first-order valence-electron chi connectivity index (χ1n) is 8.99. The lowest BCUT2D eigenvalue weighted by molar-refractivity contribution is 0.102. The number of pyridine rings is 1. The second-order valence-corrected chi connectivity index (χ2v) is 6.44. The summed E-state index contributed by atoms with van der Waals surface area (Å²) >= 11 is 0. The average molecular weight is 364 g/mol. The van der Waals surface area contributed by atoms with Gasteiger partial charge in [0.05, 0.1) is 28.6 Å². The minimum absolute atomic E-state index is 0.220. The highest BCUT2D eigenvalue weighted by Crippen LogP contribution is 2.31. The maximum atomic E-state index is 13.2. The van der Waals surface area contributed by atoms with Gasteiger partial charge in [0.25, 0.3) is 5.91 Å². The summed E-state index contributed by atoms with van der Waals surface area (Å²) in [5.74, 6) is -0.220. The minimum atomic E-state index is -0.220. The normalized spacial score (nSPS) is 11.0. The lowest BCUT2D eigenvalue weighted by atomic mass is 10.1. The topological polar surface area (TPSA) is 59.8 Å². The zero-order chi connectivity index (χ0) is 18.9. The largest absolute Gasteiger partial charge is 0.319 e. The molecule has 5 aromatic rings. The second kappa shape index (κ2) is 6.63. The van der Waals surface area contributed by atoms with E-state index in [2.05, 4.69) is 10.4 Å². The van der Waals surface area contributed by atoms with Crippen LogP contribution in [0.25, 0.3) is 27.5 Å². The molecule has 0 saturated carbocycles. The van der Waals surface area contributed by atoms with Crippen LogP contribution in [-0.2, 0) is 0 Å². The highest BCUT2D eigenvalue weighted by atomic mass is 16.2. The average Bonchev–Trinajstić information content (AvgIpc) is 3.24. The number of anilines is 1. The molecular formula is C23H16N4O. The number of hydrogen-bond acceptors (Lipinski definition) is 3. The van der Waals surface area contributed by atoms with Gasteiger partial charge < -0.3 is 5.32 Å². The molecule has 1 amide bonds. The van der Waals surface area contributed by atoms with Crippen molar-refractivity contribution in [3.8, 4) is 5.69 Å². The van der Waals surface area contributed by atoms with E-state index in [0.717, 1.165) is 33.2 Å². The molecule has 134 valence electrons. The molecule has 0 radical (unpaired) electrons. The molecule has 0 atom stereocenters. The van der Waals surface area contributed by atoms with Gasteiger partial charge in [0.15, 0.2) is 0 Å². The van der Waals surface area contributed by atoms with E-state index in [-0.39, 0.29) is 5.91 Å². The van der Waals surface area contributed by atoms with E-state index in [4.69, 9.17) is 4.98 Å². The molecule has 2 aromatic heterocycles. The van der Waals surface area contributed by atoms with Gasteiger partial charge in [-0.2, -0.15) is 5.10 Å².